The number of benzene rings is 2. The highest BCUT2D eigenvalue weighted by Gasteiger charge is 2.26. The molecular weight excluding hydrogens is 349 g/mol. The lowest BCUT2D eigenvalue weighted by molar-refractivity contribution is -0.0228. The van der Waals surface area contributed by atoms with Gasteiger partial charge >= 0.3 is 0 Å². The summed E-state index contributed by atoms with van der Waals surface area (Å²) in [6.45, 7) is 4.92. The fraction of sp³-hybridized carbons (Fsp3) is 0.381. The highest BCUT2D eigenvalue weighted by molar-refractivity contribution is 5.94. The van der Waals surface area contributed by atoms with Crippen molar-refractivity contribution in [3.05, 3.63) is 65.5 Å². The van der Waals surface area contributed by atoms with Gasteiger partial charge in [-0.15, -0.1) is 0 Å². The molecule has 1 heterocycles. The van der Waals surface area contributed by atoms with Gasteiger partial charge in [0.15, 0.2) is 0 Å². The van der Waals surface area contributed by atoms with Crippen molar-refractivity contribution in [1.82, 2.24) is 4.90 Å². The summed E-state index contributed by atoms with van der Waals surface area (Å²) in [5.74, 6) is 0.285. The average Bonchev–Trinajstić information content (AvgIpc) is 2.71. The summed E-state index contributed by atoms with van der Waals surface area (Å²) in [5.41, 5.74) is 1.44. The van der Waals surface area contributed by atoms with E-state index in [1.165, 1.54) is 12.1 Å². The van der Waals surface area contributed by atoms with E-state index >= 15 is 0 Å². The largest absolute Gasteiger partial charge is 0.491 e. The first-order valence-electron chi connectivity index (χ1n) is 9.14. The molecule has 1 fully saturated rings. The van der Waals surface area contributed by atoms with Crippen LogP contribution in [-0.2, 0) is 9.47 Å². The molecule has 1 aliphatic rings. The number of ether oxygens (including phenoxy) is 3. The molecule has 5 nitrogen and oxygen atoms in total. The van der Waals surface area contributed by atoms with Crippen LogP contribution in [0.2, 0.25) is 0 Å². The summed E-state index contributed by atoms with van der Waals surface area (Å²) in [4.78, 5) is 14.7. The van der Waals surface area contributed by atoms with Gasteiger partial charge in [0, 0.05) is 18.7 Å². The lowest BCUT2D eigenvalue weighted by Crippen LogP contribution is -2.42. The number of hydrogen-bond acceptors (Lipinski definition) is 4. The third-order valence-electron chi connectivity index (χ3n) is 4.38. The molecule has 1 aliphatic heterocycles. The Balaban J connectivity index is 1.63. The van der Waals surface area contributed by atoms with E-state index in [-0.39, 0.29) is 17.8 Å². The van der Waals surface area contributed by atoms with Crippen molar-refractivity contribution in [2.45, 2.75) is 13.0 Å². The van der Waals surface area contributed by atoms with Gasteiger partial charge in [0.25, 0.3) is 5.91 Å². The van der Waals surface area contributed by atoms with E-state index in [1.54, 1.807) is 35.2 Å². The molecule has 27 heavy (non-hydrogen) atoms. The number of carbonyl (C=O) groups is 1. The minimum absolute atomic E-state index is 0.0688. The Morgan fingerprint density at radius 1 is 1.22 bits per heavy atom. The van der Waals surface area contributed by atoms with Gasteiger partial charge in [0.05, 0.1) is 19.8 Å². The van der Waals surface area contributed by atoms with Gasteiger partial charge in [-0.1, -0.05) is 18.2 Å². The highest BCUT2D eigenvalue weighted by Crippen LogP contribution is 2.24. The van der Waals surface area contributed by atoms with E-state index in [0.717, 1.165) is 5.56 Å². The molecule has 0 saturated carbocycles. The summed E-state index contributed by atoms with van der Waals surface area (Å²) in [7, 11) is 0. The maximum Gasteiger partial charge on any atom is 0.254 e. The van der Waals surface area contributed by atoms with Gasteiger partial charge in [-0.05, 0) is 42.8 Å². The summed E-state index contributed by atoms with van der Waals surface area (Å²) in [5, 5.41) is 0. The minimum atomic E-state index is -0.288. The Kier molecular flexibility index (Phi) is 6.79. The van der Waals surface area contributed by atoms with Crippen molar-refractivity contribution < 1.29 is 23.4 Å². The van der Waals surface area contributed by atoms with Crippen LogP contribution in [0.15, 0.2) is 48.5 Å². The van der Waals surface area contributed by atoms with E-state index in [0.29, 0.717) is 50.8 Å². The molecule has 2 aromatic carbocycles. The molecule has 3 rings (SSSR count). The number of carbonyl (C=O) groups excluding carboxylic acids is 1. The summed E-state index contributed by atoms with van der Waals surface area (Å²) >= 11 is 0. The monoisotopic (exact) mass is 373 g/mol. The van der Waals surface area contributed by atoms with Gasteiger partial charge < -0.3 is 19.1 Å². The van der Waals surface area contributed by atoms with Crippen molar-refractivity contribution in [2.75, 3.05) is 39.5 Å². The fourth-order valence-corrected chi connectivity index (χ4v) is 2.98. The molecule has 1 amide bonds. The van der Waals surface area contributed by atoms with Crippen LogP contribution in [-0.4, -0.2) is 50.3 Å². The Hall–Kier alpha value is -2.44. The Morgan fingerprint density at radius 2 is 2.04 bits per heavy atom. The number of morpholine rings is 1. The SMILES string of the molecule is CCOCCOc1cccc(C(=O)N2CCOC(c3ccc(F)cc3)C2)c1. The molecule has 2 aromatic rings. The molecule has 0 radical (unpaired) electrons. The van der Waals surface area contributed by atoms with Gasteiger partial charge in [0.2, 0.25) is 0 Å². The molecule has 0 aromatic heterocycles. The molecule has 6 heteroatoms. The Morgan fingerprint density at radius 3 is 2.81 bits per heavy atom. The first kappa shape index (κ1) is 19.3. The predicted octanol–water partition coefficient (Wildman–Crippen LogP) is 3.45. The van der Waals surface area contributed by atoms with Crippen molar-refractivity contribution >= 4 is 5.91 Å². The molecule has 1 unspecified atom stereocenters. The van der Waals surface area contributed by atoms with Crippen LogP contribution >= 0.6 is 0 Å². The van der Waals surface area contributed by atoms with E-state index in [9.17, 15) is 9.18 Å². The van der Waals surface area contributed by atoms with E-state index in [2.05, 4.69) is 0 Å². The second kappa shape index (κ2) is 9.48. The van der Waals surface area contributed by atoms with Crippen LogP contribution in [0.25, 0.3) is 0 Å². The quantitative estimate of drug-likeness (QED) is 0.698. The summed E-state index contributed by atoms with van der Waals surface area (Å²) < 4.78 is 29.8. The average molecular weight is 373 g/mol. The molecular formula is C21H24FNO4. The molecule has 1 saturated heterocycles. The number of rotatable bonds is 7. The normalized spacial score (nSPS) is 17.0. The van der Waals surface area contributed by atoms with Gasteiger partial charge in [-0.3, -0.25) is 4.79 Å². The van der Waals surface area contributed by atoms with Crippen LogP contribution in [0.3, 0.4) is 0 Å². The van der Waals surface area contributed by atoms with E-state index in [1.807, 2.05) is 13.0 Å². The molecule has 0 spiro atoms. The molecule has 0 bridgehead atoms. The van der Waals surface area contributed by atoms with Crippen LogP contribution in [0.1, 0.15) is 28.9 Å². The predicted molar refractivity (Wildman–Crippen MR) is 99.4 cm³/mol. The van der Waals surface area contributed by atoms with Gasteiger partial charge in [-0.2, -0.15) is 0 Å². The third-order valence-corrected chi connectivity index (χ3v) is 4.38. The van der Waals surface area contributed by atoms with E-state index < -0.39 is 0 Å². The molecule has 1 atom stereocenters. The summed E-state index contributed by atoms with van der Waals surface area (Å²) in [6, 6.07) is 13.4. The van der Waals surface area contributed by atoms with Crippen LogP contribution in [0.5, 0.6) is 5.75 Å². The van der Waals surface area contributed by atoms with Crippen LogP contribution in [0.4, 0.5) is 4.39 Å². The van der Waals surface area contributed by atoms with Crippen molar-refractivity contribution in [1.29, 1.82) is 0 Å². The number of amides is 1. The topological polar surface area (TPSA) is 48.0 Å². The molecule has 0 aliphatic carbocycles. The number of nitrogens with zero attached hydrogens (tertiary/aromatic N) is 1. The maximum absolute atomic E-state index is 13.1. The second-order valence-electron chi connectivity index (χ2n) is 6.24. The van der Waals surface area contributed by atoms with E-state index in [4.69, 9.17) is 14.2 Å². The minimum Gasteiger partial charge on any atom is -0.491 e. The van der Waals surface area contributed by atoms with Crippen LogP contribution < -0.4 is 4.74 Å². The summed E-state index contributed by atoms with van der Waals surface area (Å²) in [6.07, 6.45) is -0.256. The Bertz CT molecular complexity index is 750. The van der Waals surface area contributed by atoms with Crippen LogP contribution in [0, 0.1) is 5.82 Å². The van der Waals surface area contributed by atoms with Gasteiger partial charge in [0.1, 0.15) is 24.3 Å². The zero-order valence-electron chi connectivity index (χ0n) is 15.4. The molecule has 144 valence electrons. The fourth-order valence-electron chi connectivity index (χ4n) is 2.98. The molecule has 0 N–H and O–H groups in total. The zero-order valence-corrected chi connectivity index (χ0v) is 15.4. The lowest BCUT2D eigenvalue weighted by atomic mass is 10.1. The second-order valence-corrected chi connectivity index (χ2v) is 6.24. The Labute approximate surface area is 158 Å². The first-order valence-corrected chi connectivity index (χ1v) is 9.14. The smallest absolute Gasteiger partial charge is 0.254 e. The van der Waals surface area contributed by atoms with Crippen molar-refractivity contribution in [2.24, 2.45) is 0 Å². The number of hydrogen-bond donors (Lipinski definition) is 0. The standard InChI is InChI=1S/C21H24FNO4/c1-2-25-12-13-26-19-5-3-4-17(14-19)21(24)23-10-11-27-20(15-23)16-6-8-18(22)9-7-16/h3-9,14,20H,2,10-13,15H2,1H3. The lowest BCUT2D eigenvalue weighted by Gasteiger charge is -2.33. The van der Waals surface area contributed by atoms with Gasteiger partial charge in [-0.25, -0.2) is 4.39 Å². The van der Waals surface area contributed by atoms with Crippen molar-refractivity contribution in [3.8, 4) is 5.75 Å². The highest BCUT2D eigenvalue weighted by atomic mass is 19.1. The van der Waals surface area contributed by atoms with Crippen molar-refractivity contribution in [3.63, 3.8) is 0 Å². The zero-order chi connectivity index (χ0) is 19.1. The third kappa shape index (κ3) is 5.28. The first-order chi connectivity index (χ1) is 13.2. The maximum atomic E-state index is 13.1. The number of halogens is 1.